The lowest BCUT2D eigenvalue weighted by atomic mass is 9.92. The molecule has 3 aromatic rings. The molecule has 180 valence electrons. The van der Waals surface area contributed by atoms with Gasteiger partial charge in [0, 0.05) is 24.4 Å². The average molecular weight is 461 g/mol. The number of carbonyl (C=O) groups excluding carboxylic acids is 2. The van der Waals surface area contributed by atoms with Gasteiger partial charge in [0.1, 0.15) is 12.4 Å². The highest BCUT2D eigenvalue weighted by Crippen LogP contribution is 2.27. The van der Waals surface area contributed by atoms with Crippen molar-refractivity contribution in [2.45, 2.75) is 59.9 Å². The molecule has 0 saturated heterocycles. The molecule has 0 bridgehead atoms. The van der Waals surface area contributed by atoms with E-state index in [2.05, 4.69) is 26.1 Å². The fourth-order valence-electron chi connectivity index (χ4n) is 3.69. The molecule has 0 unspecified atom stereocenters. The first kappa shape index (κ1) is 25.2. The van der Waals surface area contributed by atoms with E-state index in [9.17, 15) is 9.59 Å². The third-order valence-corrected chi connectivity index (χ3v) is 5.58. The molecule has 6 nitrogen and oxygen atoms in total. The topological polar surface area (TPSA) is 67.2 Å². The molecule has 3 rings (SSSR count). The van der Waals surface area contributed by atoms with E-state index in [0.29, 0.717) is 18.8 Å². The van der Waals surface area contributed by atoms with Gasteiger partial charge in [0.2, 0.25) is 11.8 Å². The minimum Gasteiger partial charge on any atom is -0.329 e. The van der Waals surface area contributed by atoms with Crippen LogP contribution in [0.2, 0.25) is 0 Å². The van der Waals surface area contributed by atoms with Gasteiger partial charge in [0.15, 0.2) is 0 Å². The number of aryl methyl sites for hydroxylation is 1. The fourth-order valence-corrected chi connectivity index (χ4v) is 3.69. The summed E-state index contributed by atoms with van der Waals surface area (Å²) in [7, 11) is 0. The van der Waals surface area contributed by atoms with Crippen LogP contribution in [0.15, 0.2) is 60.7 Å². The van der Waals surface area contributed by atoms with Crippen molar-refractivity contribution in [3.8, 4) is 5.69 Å². The number of nitrogens with zero attached hydrogens (tertiary/aromatic N) is 3. The Labute approximate surface area is 203 Å². The summed E-state index contributed by atoms with van der Waals surface area (Å²) in [6.45, 7) is 12.7. The Morgan fingerprint density at radius 3 is 2.29 bits per heavy atom. The third-order valence-electron chi connectivity index (χ3n) is 5.58. The molecule has 1 N–H and O–H groups in total. The lowest BCUT2D eigenvalue weighted by Crippen LogP contribution is -2.38. The molecule has 1 aromatic heterocycles. The first-order chi connectivity index (χ1) is 16.0. The van der Waals surface area contributed by atoms with Crippen molar-refractivity contribution in [2.75, 3.05) is 11.9 Å². The van der Waals surface area contributed by atoms with E-state index in [4.69, 9.17) is 5.10 Å². The highest BCUT2D eigenvalue weighted by atomic mass is 16.2. The van der Waals surface area contributed by atoms with Crippen molar-refractivity contribution in [2.24, 2.45) is 5.92 Å². The summed E-state index contributed by atoms with van der Waals surface area (Å²) in [5.41, 5.74) is 3.65. The molecule has 34 heavy (non-hydrogen) atoms. The van der Waals surface area contributed by atoms with Crippen LogP contribution in [0.1, 0.15) is 57.9 Å². The molecule has 1 heterocycles. The van der Waals surface area contributed by atoms with Crippen LogP contribution in [0.25, 0.3) is 5.69 Å². The van der Waals surface area contributed by atoms with E-state index in [1.165, 1.54) is 0 Å². The molecule has 0 atom stereocenters. The standard InChI is InChI=1S/C28H36N4O2/c1-20(2)16-27(34)31(18-22-13-8-7-9-14-22)19-26(33)29-25-17-24(28(4,5)6)30-32(25)23-15-11-10-12-21(23)3/h7-15,17,20H,16,18-19H2,1-6H3,(H,29,33). The van der Waals surface area contributed by atoms with E-state index >= 15 is 0 Å². The van der Waals surface area contributed by atoms with Crippen molar-refractivity contribution in [3.05, 3.63) is 77.5 Å². The molecular formula is C28H36N4O2. The van der Waals surface area contributed by atoms with E-state index < -0.39 is 0 Å². The predicted molar refractivity (Wildman–Crippen MR) is 137 cm³/mol. The monoisotopic (exact) mass is 460 g/mol. The number of nitrogens with one attached hydrogen (secondary N) is 1. The first-order valence-corrected chi connectivity index (χ1v) is 11.8. The number of anilines is 1. The maximum absolute atomic E-state index is 13.2. The van der Waals surface area contributed by atoms with Crippen LogP contribution in [-0.4, -0.2) is 33.0 Å². The zero-order valence-electron chi connectivity index (χ0n) is 21.1. The highest BCUT2D eigenvalue weighted by Gasteiger charge is 2.24. The summed E-state index contributed by atoms with van der Waals surface area (Å²) in [6, 6.07) is 19.6. The lowest BCUT2D eigenvalue weighted by Gasteiger charge is -2.23. The Kier molecular flexibility index (Phi) is 7.92. The van der Waals surface area contributed by atoms with E-state index in [-0.39, 0.29) is 29.7 Å². The minimum atomic E-state index is -0.247. The molecule has 2 amide bonds. The van der Waals surface area contributed by atoms with Crippen LogP contribution < -0.4 is 5.32 Å². The van der Waals surface area contributed by atoms with E-state index in [1.54, 1.807) is 9.58 Å². The lowest BCUT2D eigenvalue weighted by molar-refractivity contribution is -0.136. The number of amides is 2. The first-order valence-electron chi connectivity index (χ1n) is 11.8. The van der Waals surface area contributed by atoms with Crippen LogP contribution in [0.4, 0.5) is 5.82 Å². The number of para-hydroxylation sites is 1. The van der Waals surface area contributed by atoms with E-state index in [0.717, 1.165) is 22.5 Å². The largest absolute Gasteiger partial charge is 0.329 e. The number of hydrogen-bond donors (Lipinski definition) is 1. The van der Waals surface area contributed by atoms with Crippen molar-refractivity contribution < 1.29 is 9.59 Å². The van der Waals surface area contributed by atoms with Gasteiger partial charge in [-0.1, -0.05) is 83.1 Å². The van der Waals surface area contributed by atoms with Crippen molar-refractivity contribution in [1.82, 2.24) is 14.7 Å². The van der Waals surface area contributed by atoms with Gasteiger partial charge in [-0.2, -0.15) is 5.10 Å². The van der Waals surface area contributed by atoms with Gasteiger partial charge in [-0.3, -0.25) is 9.59 Å². The van der Waals surface area contributed by atoms with Crippen LogP contribution in [0.3, 0.4) is 0 Å². The molecule has 0 aliphatic carbocycles. The normalized spacial score (nSPS) is 11.5. The summed E-state index contributed by atoms with van der Waals surface area (Å²) >= 11 is 0. The molecular weight excluding hydrogens is 424 g/mol. The molecule has 0 fully saturated rings. The van der Waals surface area contributed by atoms with Crippen LogP contribution >= 0.6 is 0 Å². The molecule has 0 saturated carbocycles. The van der Waals surface area contributed by atoms with Gasteiger partial charge >= 0.3 is 0 Å². The molecule has 0 aliphatic heterocycles. The van der Waals surface area contributed by atoms with Crippen molar-refractivity contribution in [3.63, 3.8) is 0 Å². The number of rotatable bonds is 8. The number of hydrogen-bond acceptors (Lipinski definition) is 3. The van der Waals surface area contributed by atoms with Gasteiger partial charge in [-0.05, 0) is 30.0 Å². The Morgan fingerprint density at radius 2 is 1.68 bits per heavy atom. The Bertz CT molecular complexity index is 1130. The summed E-state index contributed by atoms with van der Waals surface area (Å²) in [6.07, 6.45) is 0.398. The predicted octanol–water partition coefficient (Wildman–Crippen LogP) is 5.49. The summed E-state index contributed by atoms with van der Waals surface area (Å²) in [5.74, 6) is 0.533. The zero-order valence-corrected chi connectivity index (χ0v) is 21.1. The van der Waals surface area contributed by atoms with E-state index in [1.807, 2.05) is 81.4 Å². The molecule has 0 aliphatic rings. The summed E-state index contributed by atoms with van der Waals surface area (Å²) < 4.78 is 1.78. The van der Waals surface area contributed by atoms with Crippen LogP contribution in [0.5, 0.6) is 0 Å². The molecule has 6 heteroatoms. The second kappa shape index (κ2) is 10.7. The molecule has 2 aromatic carbocycles. The zero-order chi connectivity index (χ0) is 24.9. The summed E-state index contributed by atoms with van der Waals surface area (Å²) in [4.78, 5) is 27.8. The van der Waals surface area contributed by atoms with Gasteiger partial charge in [0.25, 0.3) is 0 Å². The Hall–Kier alpha value is -3.41. The maximum Gasteiger partial charge on any atom is 0.245 e. The molecule has 0 radical (unpaired) electrons. The van der Waals surface area contributed by atoms with Crippen LogP contribution in [-0.2, 0) is 21.5 Å². The average Bonchev–Trinajstić information content (AvgIpc) is 3.18. The Balaban J connectivity index is 1.87. The second-order valence-electron chi connectivity index (χ2n) is 10.2. The van der Waals surface area contributed by atoms with Crippen molar-refractivity contribution in [1.29, 1.82) is 0 Å². The highest BCUT2D eigenvalue weighted by molar-refractivity contribution is 5.94. The maximum atomic E-state index is 13.2. The van der Waals surface area contributed by atoms with Crippen LogP contribution in [0, 0.1) is 12.8 Å². The minimum absolute atomic E-state index is 0.0236. The van der Waals surface area contributed by atoms with Crippen molar-refractivity contribution >= 4 is 17.6 Å². The number of aromatic nitrogens is 2. The number of carbonyl (C=O) groups is 2. The van der Waals surface area contributed by atoms with Gasteiger partial charge in [-0.15, -0.1) is 0 Å². The third kappa shape index (κ3) is 6.56. The quantitative estimate of drug-likeness (QED) is 0.483. The summed E-state index contributed by atoms with van der Waals surface area (Å²) in [5, 5.41) is 7.83. The van der Waals surface area contributed by atoms with Gasteiger partial charge in [0.05, 0.1) is 11.4 Å². The van der Waals surface area contributed by atoms with Gasteiger partial charge < -0.3 is 10.2 Å². The Morgan fingerprint density at radius 1 is 1.03 bits per heavy atom. The second-order valence-corrected chi connectivity index (χ2v) is 10.2. The number of benzene rings is 2. The SMILES string of the molecule is Cc1ccccc1-n1nc(C(C)(C)C)cc1NC(=O)CN(Cc1ccccc1)C(=O)CC(C)C. The smallest absolute Gasteiger partial charge is 0.245 e. The molecule has 0 spiro atoms. The fraction of sp³-hybridized carbons (Fsp3) is 0.393. The van der Waals surface area contributed by atoms with Gasteiger partial charge in [-0.25, -0.2) is 4.68 Å².